The Morgan fingerprint density at radius 1 is 1.31 bits per heavy atom. The van der Waals surface area contributed by atoms with Crippen molar-refractivity contribution >= 4 is 17.6 Å². The van der Waals surface area contributed by atoms with Crippen LogP contribution in [0.5, 0.6) is 11.5 Å². The predicted octanol–water partition coefficient (Wildman–Crippen LogP) is 2.59. The SMILES string of the molecule is CCNC(=NCCc1cc(Cl)c2c(c1)OCCO2)N(C)CC1CCOC1. The fourth-order valence-electron chi connectivity index (χ4n) is 3.27. The Morgan fingerprint density at radius 3 is 2.92 bits per heavy atom. The number of nitrogens with zero attached hydrogens (tertiary/aromatic N) is 2. The Kier molecular flexibility index (Phi) is 6.86. The van der Waals surface area contributed by atoms with Gasteiger partial charge in [0.25, 0.3) is 0 Å². The maximum atomic E-state index is 6.31. The van der Waals surface area contributed by atoms with Crippen LogP contribution in [0.3, 0.4) is 0 Å². The summed E-state index contributed by atoms with van der Waals surface area (Å²) in [7, 11) is 2.08. The number of hydrogen-bond donors (Lipinski definition) is 1. The van der Waals surface area contributed by atoms with Crippen LogP contribution < -0.4 is 14.8 Å². The van der Waals surface area contributed by atoms with Crippen LogP contribution in [0.25, 0.3) is 0 Å². The van der Waals surface area contributed by atoms with Gasteiger partial charge in [-0.05, 0) is 37.5 Å². The molecule has 7 heteroatoms. The Hall–Kier alpha value is -1.66. The zero-order valence-corrected chi connectivity index (χ0v) is 16.3. The molecule has 0 spiro atoms. The maximum absolute atomic E-state index is 6.31. The van der Waals surface area contributed by atoms with Crippen LogP contribution in [0, 0.1) is 5.92 Å². The Labute approximate surface area is 160 Å². The van der Waals surface area contributed by atoms with Gasteiger partial charge in [0, 0.05) is 39.2 Å². The minimum absolute atomic E-state index is 0.542. The molecule has 1 fully saturated rings. The summed E-state index contributed by atoms with van der Waals surface area (Å²) < 4.78 is 16.7. The van der Waals surface area contributed by atoms with E-state index >= 15 is 0 Å². The monoisotopic (exact) mass is 381 g/mol. The molecule has 0 aliphatic carbocycles. The molecule has 1 aromatic carbocycles. The molecule has 0 saturated carbocycles. The highest BCUT2D eigenvalue weighted by atomic mass is 35.5. The van der Waals surface area contributed by atoms with Gasteiger partial charge in [-0.15, -0.1) is 0 Å². The highest BCUT2D eigenvalue weighted by molar-refractivity contribution is 6.32. The highest BCUT2D eigenvalue weighted by Gasteiger charge is 2.19. The van der Waals surface area contributed by atoms with Crippen LogP contribution in [-0.2, 0) is 11.2 Å². The summed E-state index contributed by atoms with van der Waals surface area (Å²) in [5.41, 5.74) is 1.10. The lowest BCUT2D eigenvalue weighted by molar-refractivity contribution is 0.171. The minimum Gasteiger partial charge on any atom is -0.486 e. The molecule has 1 atom stereocenters. The number of guanidine groups is 1. The fraction of sp³-hybridized carbons (Fsp3) is 0.632. The first-order valence-corrected chi connectivity index (χ1v) is 9.70. The first-order chi connectivity index (χ1) is 12.7. The lowest BCUT2D eigenvalue weighted by Gasteiger charge is -2.24. The molecule has 2 aliphatic rings. The molecule has 3 rings (SSSR count). The lowest BCUT2D eigenvalue weighted by Crippen LogP contribution is -2.41. The standard InChI is InChI=1S/C19H28ClN3O3/c1-3-21-19(23(2)12-15-5-7-24-13-15)22-6-4-14-10-16(20)18-17(11-14)25-8-9-26-18/h10-11,15H,3-9,12-13H2,1-2H3,(H,21,22). The van der Waals surface area contributed by atoms with Crippen LogP contribution >= 0.6 is 11.6 Å². The van der Waals surface area contributed by atoms with Gasteiger partial charge in [-0.25, -0.2) is 0 Å². The summed E-state index contributed by atoms with van der Waals surface area (Å²) in [6.45, 7) is 7.40. The van der Waals surface area contributed by atoms with E-state index in [1.807, 2.05) is 12.1 Å². The second-order valence-electron chi connectivity index (χ2n) is 6.70. The molecular weight excluding hydrogens is 354 g/mol. The third-order valence-electron chi connectivity index (χ3n) is 4.57. The summed E-state index contributed by atoms with van der Waals surface area (Å²) in [6, 6.07) is 3.94. The minimum atomic E-state index is 0.542. The molecule has 2 aliphatic heterocycles. The van der Waals surface area contributed by atoms with Crippen molar-refractivity contribution in [2.45, 2.75) is 19.8 Å². The van der Waals surface area contributed by atoms with Crippen LogP contribution in [-0.4, -0.2) is 64.0 Å². The summed E-state index contributed by atoms with van der Waals surface area (Å²) in [5, 5.41) is 3.97. The molecule has 0 aromatic heterocycles. The fourth-order valence-corrected chi connectivity index (χ4v) is 3.56. The summed E-state index contributed by atoms with van der Waals surface area (Å²) in [4.78, 5) is 6.96. The second-order valence-corrected chi connectivity index (χ2v) is 7.10. The van der Waals surface area contributed by atoms with E-state index in [-0.39, 0.29) is 0 Å². The lowest BCUT2D eigenvalue weighted by atomic mass is 10.1. The molecule has 2 heterocycles. The Bertz CT molecular complexity index is 633. The Balaban J connectivity index is 1.60. The third kappa shape index (κ3) is 4.95. The zero-order valence-electron chi connectivity index (χ0n) is 15.6. The van der Waals surface area contributed by atoms with Gasteiger partial charge in [0.1, 0.15) is 13.2 Å². The van der Waals surface area contributed by atoms with Gasteiger partial charge in [-0.1, -0.05) is 11.6 Å². The van der Waals surface area contributed by atoms with Crippen molar-refractivity contribution < 1.29 is 14.2 Å². The van der Waals surface area contributed by atoms with Crippen molar-refractivity contribution in [1.29, 1.82) is 0 Å². The van der Waals surface area contributed by atoms with E-state index < -0.39 is 0 Å². The van der Waals surface area contributed by atoms with Crippen molar-refractivity contribution in [3.8, 4) is 11.5 Å². The van der Waals surface area contributed by atoms with Crippen molar-refractivity contribution in [3.63, 3.8) is 0 Å². The first-order valence-electron chi connectivity index (χ1n) is 9.32. The van der Waals surface area contributed by atoms with Gasteiger partial charge in [0.05, 0.1) is 11.6 Å². The van der Waals surface area contributed by atoms with Crippen molar-refractivity contribution in [1.82, 2.24) is 10.2 Å². The topological polar surface area (TPSA) is 55.3 Å². The van der Waals surface area contributed by atoms with Crippen LogP contribution in [0.4, 0.5) is 0 Å². The summed E-state index contributed by atoms with van der Waals surface area (Å²) >= 11 is 6.31. The summed E-state index contributed by atoms with van der Waals surface area (Å²) in [6.07, 6.45) is 1.92. The van der Waals surface area contributed by atoms with Crippen LogP contribution in [0.15, 0.2) is 17.1 Å². The highest BCUT2D eigenvalue weighted by Crippen LogP contribution is 2.38. The van der Waals surface area contributed by atoms with E-state index in [9.17, 15) is 0 Å². The van der Waals surface area contributed by atoms with Crippen molar-refractivity contribution in [2.24, 2.45) is 10.9 Å². The van der Waals surface area contributed by atoms with E-state index in [4.69, 9.17) is 30.8 Å². The van der Waals surface area contributed by atoms with Crippen molar-refractivity contribution in [2.75, 3.05) is 53.1 Å². The molecule has 0 radical (unpaired) electrons. The second kappa shape index (κ2) is 9.33. The number of halogens is 1. The molecule has 1 N–H and O–H groups in total. The number of hydrogen-bond acceptors (Lipinski definition) is 4. The van der Waals surface area contributed by atoms with E-state index in [2.05, 4.69) is 24.2 Å². The van der Waals surface area contributed by atoms with Gasteiger partial charge >= 0.3 is 0 Å². The third-order valence-corrected chi connectivity index (χ3v) is 4.85. The predicted molar refractivity (Wildman–Crippen MR) is 104 cm³/mol. The number of rotatable bonds is 6. The molecule has 0 amide bonds. The number of ether oxygens (including phenoxy) is 3. The molecule has 144 valence electrons. The van der Waals surface area contributed by atoms with Crippen LogP contribution in [0.2, 0.25) is 5.02 Å². The number of nitrogens with one attached hydrogen (secondary N) is 1. The van der Waals surface area contributed by atoms with Gasteiger partial charge in [-0.2, -0.15) is 0 Å². The Morgan fingerprint density at radius 2 is 2.15 bits per heavy atom. The molecule has 1 aromatic rings. The average Bonchev–Trinajstić information content (AvgIpc) is 3.14. The van der Waals surface area contributed by atoms with E-state index in [1.54, 1.807) is 0 Å². The molecule has 1 saturated heterocycles. The maximum Gasteiger partial charge on any atom is 0.193 e. The van der Waals surface area contributed by atoms with Gasteiger partial charge in [-0.3, -0.25) is 4.99 Å². The van der Waals surface area contributed by atoms with Gasteiger partial charge in [0.2, 0.25) is 0 Å². The first kappa shape index (κ1) is 19.1. The number of fused-ring (bicyclic) bond motifs is 1. The quantitative estimate of drug-likeness (QED) is 0.606. The average molecular weight is 382 g/mol. The molecule has 1 unspecified atom stereocenters. The van der Waals surface area contributed by atoms with Gasteiger partial charge in [0.15, 0.2) is 17.5 Å². The normalized spacial score (nSPS) is 19.5. The zero-order chi connectivity index (χ0) is 18.4. The largest absolute Gasteiger partial charge is 0.486 e. The molecular formula is C19H28ClN3O3. The van der Waals surface area contributed by atoms with E-state index in [0.29, 0.717) is 36.4 Å². The molecule has 6 nitrogen and oxygen atoms in total. The number of benzene rings is 1. The van der Waals surface area contributed by atoms with E-state index in [1.165, 1.54) is 0 Å². The van der Waals surface area contributed by atoms with E-state index in [0.717, 1.165) is 56.4 Å². The molecule has 0 bridgehead atoms. The molecule has 26 heavy (non-hydrogen) atoms. The van der Waals surface area contributed by atoms with Crippen molar-refractivity contribution in [3.05, 3.63) is 22.7 Å². The van der Waals surface area contributed by atoms with Crippen LogP contribution in [0.1, 0.15) is 18.9 Å². The number of aliphatic imine (C=N–C) groups is 1. The van der Waals surface area contributed by atoms with Gasteiger partial charge < -0.3 is 24.4 Å². The summed E-state index contributed by atoms with van der Waals surface area (Å²) in [5.74, 6) is 2.90. The smallest absolute Gasteiger partial charge is 0.193 e.